The maximum Gasteiger partial charge on any atom is 0.267 e. The first-order valence-electron chi connectivity index (χ1n) is 24.2. The first-order chi connectivity index (χ1) is 31.6. The summed E-state index contributed by atoms with van der Waals surface area (Å²) < 4.78 is 5.85. The van der Waals surface area contributed by atoms with Crippen molar-refractivity contribution in [3.05, 3.63) is 80.3 Å². The Morgan fingerprint density at radius 1 is 0.692 bits per heavy atom. The van der Waals surface area contributed by atoms with Crippen molar-refractivity contribution in [2.45, 2.75) is 172 Å². The zero-order chi connectivity index (χ0) is 46.7. The van der Waals surface area contributed by atoms with Gasteiger partial charge in [-0.3, -0.25) is 19.8 Å². The summed E-state index contributed by atoms with van der Waals surface area (Å²) in [5.74, 6) is -0.556. The highest BCUT2D eigenvalue weighted by atomic mass is 35.5. The molecule has 3 aromatic carbocycles. The van der Waals surface area contributed by atoms with E-state index in [1.807, 2.05) is 6.07 Å². The number of benzene rings is 3. The monoisotopic (exact) mass is 989 g/mol. The number of hydrazine groups is 1. The highest BCUT2D eigenvalue weighted by Crippen LogP contribution is 2.41. The smallest absolute Gasteiger partial charge is 0.267 e. The first-order valence-corrected chi connectivity index (χ1v) is 26.6. The Morgan fingerprint density at radius 3 is 1.86 bits per heavy atom. The topological polar surface area (TPSA) is 112 Å². The van der Waals surface area contributed by atoms with Gasteiger partial charge in [0, 0.05) is 41.8 Å². The fourth-order valence-corrected chi connectivity index (χ4v) is 9.96. The Kier molecular flexibility index (Phi) is 26.8. The maximum atomic E-state index is 14.4. The zero-order valence-electron chi connectivity index (χ0n) is 38.6. The van der Waals surface area contributed by atoms with Crippen molar-refractivity contribution in [1.82, 2.24) is 10.7 Å². The van der Waals surface area contributed by atoms with Gasteiger partial charge in [-0.2, -0.15) is 0 Å². The Labute approximate surface area is 413 Å². The number of thioether (sulfide) groups is 1. The van der Waals surface area contributed by atoms with Gasteiger partial charge in [0.15, 0.2) is 0 Å². The van der Waals surface area contributed by atoms with E-state index in [0.29, 0.717) is 57.9 Å². The lowest BCUT2D eigenvalue weighted by Crippen LogP contribution is -2.36. The lowest BCUT2D eigenvalue weighted by atomic mass is 10.1. The van der Waals surface area contributed by atoms with E-state index in [4.69, 9.17) is 56.1 Å². The van der Waals surface area contributed by atoms with E-state index in [2.05, 4.69) is 29.9 Å². The van der Waals surface area contributed by atoms with Crippen molar-refractivity contribution in [2.24, 2.45) is 4.99 Å². The van der Waals surface area contributed by atoms with Gasteiger partial charge in [-0.15, -0.1) is 11.8 Å². The second-order valence-corrected chi connectivity index (χ2v) is 19.7. The number of hydrogen-bond acceptors (Lipinski definition) is 6. The summed E-state index contributed by atoms with van der Waals surface area (Å²) in [4.78, 5) is 46.3. The van der Waals surface area contributed by atoms with Crippen molar-refractivity contribution in [3.63, 3.8) is 0 Å². The number of halogens is 4. The number of nitrogens with zero attached hydrogens (tertiary/aromatic N) is 2. The SMILES string of the molecule is CCCCCCCCCCCCCC(=O)Nc1ccc(Cl)c(N=C2NN(c3c(Cl)cc(Cl)cc3Cl)C(=O)C2Sc2ccccc2C(=O)NCCCOCCCCCCCCCCCC)c1. The lowest BCUT2D eigenvalue weighted by Gasteiger charge is -2.19. The molecule has 1 aliphatic heterocycles. The zero-order valence-corrected chi connectivity index (χ0v) is 42.4. The van der Waals surface area contributed by atoms with Gasteiger partial charge in [0.05, 0.1) is 26.3 Å². The molecule has 0 spiro atoms. The second kappa shape index (κ2) is 31.9. The number of ether oxygens (including phenoxy) is 1. The molecule has 1 saturated heterocycles. The average Bonchev–Trinajstić information content (AvgIpc) is 3.57. The van der Waals surface area contributed by atoms with Crippen molar-refractivity contribution < 1.29 is 19.1 Å². The lowest BCUT2D eigenvalue weighted by molar-refractivity contribution is -0.117. The predicted octanol–water partition coefficient (Wildman–Crippen LogP) is 15.7. The molecular formula is C51H71Cl4N5O4S. The van der Waals surface area contributed by atoms with Crippen LogP contribution in [0.15, 0.2) is 64.5 Å². The molecule has 1 heterocycles. The van der Waals surface area contributed by atoms with Crippen LogP contribution in [0.25, 0.3) is 0 Å². The molecule has 0 aromatic heterocycles. The normalized spacial score (nSPS) is 14.3. The molecule has 65 heavy (non-hydrogen) atoms. The van der Waals surface area contributed by atoms with E-state index >= 15 is 0 Å². The van der Waals surface area contributed by atoms with E-state index in [-0.39, 0.29) is 33.4 Å². The van der Waals surface area contributed by atoms with E-state index in [1.165, 1.54) is 138 Å². The quantitative estimate of drug-likeness (QED) is 0.0524. The summed E-state index contributed by atoms with van der Waals surface area (Å²) in [5.41, 5.74) is 4.58. The van der Waals surface area contributed by atoms with Gasteiger partial charge < -0.3 is 15.4 Å². The van der Waals surface area contributed by atoms with E-state index in [0.717, 1.165) is 32.3 Å². The van der Waals surface area contributed by atoms with Gasteiger partial charge in [-0.25, -0.2) is 10.0 Å². The van der Waals surface area contributed by atoms with Crippen molar-refractivity contribution in [2.75, 3.05) is 30.1 Å². The van der Waals surface area contributed by atoms with Crippen LogP contribution >= 0.6 is 58.2 Å². The summed E-state index contributed by atoms with van der Waals surface area (Å²) in [6.45, 7) is 6.23. The molecule has 1 aliphatic rings. The fraction of sp³-hybridized carbons (Fsp3) is 0.569. The molecule has 0 aliphatic carbocycles. The molecule has 4 rings (SSSR count). The molecular weight excluding hydrogens is 920 g/mol. The van der Waals surface area contributed by atoms with Crippen LogP contribution in [0.3, 0.4) is 0 Å². The third kappa shape index (κ3) is 20.0. The molecule has 9 nitrogen and oxygen atoms in total. The Hall–Kier alpha value is -2.99. The fourth-order valence-electron chi connectivity index (χ4n) is 7.69. The number of nitrogens with one attached hydrogen (secondary N) is 3. The number of rotatable bonds is 33. The molecule has 0 radical (unpaired) electrons. The third-order valence-electron chi connectivity index (χ3n) is 11.4. The standard InChI is InChI=1S/C51H71Cl4N5O4S/c1-3-5-7-9-11-13-15-16-18-20-22-29-46(61)57-39-30-31-41(53)44(37-39)58-49-48(51(63)60(59-49)47-42(54)35-38(52)36-43(47)55)65-45-28-24-23-27-40(45)50(62)56-32-26-34-64-33-25-21-19-17-14-12-10-8-6-4-2/h23-24,27-28,30-31,35-37,48H,3-22,25-26,29,32-34H2,1-2H3,(H,56,62)(H,57,61)(H,58,59). The molecule has 0 bridgehead atoms. The number of aliphatic imine (C=N–C) groups is 1. The van der Waals surface area contributed by atoms with Gasteiger partial charge in [0.2, 0.25) is 5.91 Å². The molecule has 0 saturated carbocycles. The van der Waals surface area contributed by atoms with Crippen LogP contribution < -0.4 is 21.1 Å². The predicted molar refractivity (Wildman–Crippen MR) is 276 cm³/mol. The van der Waals surface area contributed by atoms with Gasteiger partial charge in [0.1, 0.15) is 16.8 Å². The molecule has 3 aromatic rings. The number of carbonyl (C=O) groups excluding carboxylic acids is 3. The molecule has 358 valence electrons. The third-order valence-corrected chi connectivity index (χ3v) is 13.8. The van der Waals surface area contributed by atoms with Crippen LogP contribution in [-0.4, -0.2) is 48.6 Å². The highest BCUT2D eigenvalue weighted by Gasteiger charge is 2.41. The minimum Gasteiger partial charge on any atom is -0.381 e. The summed E-state index contributed by atoms with van der Waals surface area (Å²) in [7, 11) is 0. The van der Waals surface area contributed by atoms with Crippen molar-refractivity contribution >= 4 is 98.8 Å². The minimum atomic E-state index is -0.971. The average molecular weight is 992 g/mol. The number of hydrogen-bond donors (Lipinski definition) is 3. The minimum absolute atomic E-state index is 0.0885. The second-order valence-electron chi connectivity index (χ2n) is 16.9. The van der Waals surface area contributed by atoms with Crippen LogP contribution in [0.4, 0.5) is 17.1 Å². The van der Waals surface area contributed by atoms with Gasteiger partial charge >= 0.3 is 0 Å². The Morgan fingerprint density at radius 2 is 1.25 bits per heavy atom. The van der Waals surface area contributed by atoms with E-state index in [1.54, 1.807) is 36.4 Å². The summed E-state index contributed by atoms with van der Waals surface area (Å²) in [5, 5.41) is 7.19. The number of carbonyl (C=O) groups is 3. The summed E-state index contributed by atoms with van der Waals surface area (Å²) in [6.07, 6.45) is 27.2. The molecule has 14 heteroatoms. The number of unbranched alkanes of at least 4 members (excludes halogenated alkanes) is 19. The summed E-state index contributed by atoms with van der Waals surface area (Å²) >= 11 is 27.3. The maximum absolute atomic E-state index is 14.4. The number of amidine groups is 1. The number of amides is 3. The van der Waals surface area contributed by atoms with Crippen LogP contribution in [0.2, 0.25) is 20.1 Å². The van der Waals surface area contributed by atoms with Crippen LogP contribution in [0, 0.1) is 0 Å². The largest absolute Gasteiger partial charge is 0.381 e. The van der Waals surface area contributed by atoms with Gasteiger partial charge in [0.25, 0.3) is 11.8 Å². The summed E-state index contributed by atoms with van der Waals surface area (Å²) in [6, 6.07) is 15.2. The van der Waals surface area contributed by atoms with Crippen LogP contribution in [0.5, 0.6) is 0 Å². The Balaban J connectivity index is 1.35. The van der Waals surface area contributed by atoms with Crippen molar-refractivity contribution in [1.29, 1.82) is 0 Å². The molecule has 3 N–H and O–H groups in total. The number of anilines is 2. The van der Waals surface area contributed by atoms with E-state index in [9.17, 15) is 14.4 Å². The first kappa shape index (κ1) is 54.6. The van der Waals surface area contributed by atoms with Crippen LogP contribution in [-0.2, 0) is 14.3 Å². The van der Waals surface area contributed by atoms with Gasteiger partial charge in [-0.05, 0) is 61.7 Å². The van der Waals surface area contributed by atoms with Crippen molar-refractivity contribution in [3.8, 4) is 0 Å². The molecule has 1 unspecified atom stereocenters. The Bertz CT molecular complexity index is 1930. The van der Waals surface area contributed by atoms with E-state index < -0.39 is 11.2 Å². The highest BCUT2D eigenvalue weighted by molar-refractivity contribution is 8.01. The van der Waals surface area contributed by atoms with Crippen LogP contribution in [0.1, 0.15) is 172 Å². The molecule has 3 amide bonds. The van der Waals surface area contributed by atoms with Gasteiger partial charge in [-0.1, -0.05) is 194 Å². The molecule has 1 fully saturated rings. The molecule has 1 atom stereocenters.